The first kappa shape index (κ1) is 17.3. The van der Waals surface area contributed by atoms with E-state index in [9.17, 15) is 9.59 Å². The van der Waals surface area contributed by atoms with E-state index in [1.807, 2.05) is 36.1 Å². The number of likely N-dealkylation sites (tertiary alicyclic amines) is 1. The third-order valence-corrected chi connectivity index (χ3v) is 4.45. The predicted molar refractivity (Wildman–Crippen MR) is 92.3 cm³/mol. The van der Waals surface area contributed by atoms with E-state index in [-0.39, 0.29) is 17.9 Å². The van der Waals surface area contributed by atoms with Crippen LogP contribution < -0.4 is 10.6 Å². The summed E-state index contributed by atoms with van der Waals surface area (Å²) >= 11 is 0. The highest BCUT2D eigenvalue weighted by molar-refractivity contribution is 5.84. The molecule has 1 saturated heterocycles. The highest BCUT2D eigenvalue weighted by Crippen LogP contribution is 2.18. The second kappa shape index (κ2) is 7.99. The molecule has 0 aliphatic carbocycles. The zero-order valence-corrected chi connectivity index (χ0v) is 14.3. The number of nitrogens with one attached hydrogen (secondary N) is 2. The minimum atomic E-state index is -0.242. The minimum absolute atomic E-state index is 0.00594. The average Bonchev–Trinajstić information content (AvgIpc) is 2.56. The first-order valence-corrected chi connectivity index (χ1v) is 8.34. The molecule has 2 amide bonds. The molecule has 1 aliphatic heterocycles. The van der Waals surface area contributed by atoms with E-state index in [0.717, 1.165) is 43.1 Å². The Hall–Kier alpha value is -2.04. The zero-order valence-electron chi connectivity index (χ0n) is 14.3. The van der Waals surface area contributed by atoms with Gasteiger partial charge in [0.25, 0.3) is 0 Å². The Balaban J connectivity index is 1.88. The smallest absolute Gasteiger partial charge is 0.244 e. The Kier molecular flexibility index (Phi) is 6.02. The summed E-state index contributed by atoms with van der Waals surface area (Å²) in [7, 11) is 1.63. The summed E-state index contributed by atoms with van der Waals surface area (Å²) in [5.41, 5.74) is 1.86. The van der Waals surface area contributed by atoms with Gasteiger partial charge in [-0.25, -0.2) is 0 Å². The number of piperidine rings is 1. The van der Waals surface area contributed by atoms with Crippen LogP contribution in [0.4, 0.5) is 5.69 Å². The Labute approximate surface area is 138 Å². The molecular formula is C18H27N3O2. The van der Waals surface area contributed by atoms with Gasteiger partial charge in [-0.1, -0.05) is 19.1 Å². The molecule has 0 radical (unpaired) electrons. The van der Waals surface area contributed by atoms with Crippen LogP contribution in [0.5, 0.6) is 0 Å². The second-order valence-electron chi connectivity index (χ2n) is 6.42. The van der Waals surface area contributed by atoms with Crippen molar-refractivity contribution < 1.29 is 9.59 Å². The molecule has 0 spiro atoms. The summed E-state index contributed by atoms with van der Waals surface area (Å²) in [5, 5.41) is 5.86. The molecule has 1 aromatic carbocycles. The highest BCUT2D eigenvalue weighted by atomic mass is 16.2. The molecule has 1 atom stereocenters. The van der Waals surface area contributed by atoms with E-state index in [2.05, 4.69) is 17.6 Å². The van der Waals surface area contributed by atoms with Crippen molar-refractivity contribution in [1.82, 2.24) is 10.2 Å². The van der Waals surface area contributed by atoms with Crippen LogP contribution in [-0.4, -0.2) is 42.9 Å². The number of rotatable bonds is 5. The molecule has 2 rings (SSSR count). The number of nitrogens with zero attached hydrogens (tertiary/aromatic N) is 1. The van der Waals surface area contributed by atoms with Crippen molar-refractivity contribution in [3.8, 4) is 0 Å². The van der Waals surface area contributed by atoms with Crippen LogP contribution in [0, 0.1) is 5.92 Å². The first-order chi connectivity index (χ1) is 11.0. The normalized spacial score (nSPS) is 16.7. The summed E-state index contributed by atoms with van der Waals surface area (Å²) in [6.45, 7) is 5.86. The summed E-state index contributed by atoms with van der Waals surface area (Å²) in [6.07, 6.45) is 2.55. The molecule has 1 aliphatic rings. The Morgan fingerprint density at radius 1 is 1.22 bits per heavy atom. The molecule has 0 bridgehead atoms. The maximum Gasteiger partial charge on any atom is 0.244 e. The van der Waals surface area contributed by atoms with Gasteiger partial charge in [0, 0.05) is 25.8 Å². The second-order valence-corrected chi connectivity index (χ2v) is 6.42. The Morgan fingerprint density at radius 2 is 1.83 bits per heavy atom. The molecule has 23 heavy (non-hydrogen) atoms. The molecule has 1 unspecified atom stereocenters. The summed E-state index contributed by atoms with van der Waals surface area (Å²) < 4.78 is 0. The van der Waals surface area contributed by atoms with Gasteiger partial charge in [0.05, 0.1) is 6.42 Å². The third-order valence-electron chi connectivity index (χ3n) is 4.45. The Bertz CT molecular complexity index is 534. The van der Waals surface area contributed by atoms with Crippen molar-refractivity contribution in [3.05, 3.63) is 29.8 Å². The quantitative estimate of drug-likeness (QED) is 0.873. The van der Waals surface area contributed by atoms with Crippen molar-refractivity contribution >= 4 is 17.5 Å². The van der Waals surface area contributed by atoms with Gasteiger partial charge in [-0.2, -0.15) is 0 Å². The van der Waals surface area contributed by atoms with Crippen molar-refractivity contribution in [2.75, 3.05) is 25.5 Å². The fourth-order valence-electron chi connectivity index (χ4n) is 2.81. The lowest BCUT2D eigenvalue weighted by Crippen LogP contribution is -2.45. The molecule has 1 fully saturated rings. The standard InChI is InChI=1S/C18H27N3O2/c1-13-8-10-21(11-9-13)18(23)14(2)20-16-6-4-15(5-7-16)12-17(22)19-3/h4-7,13-14,20H,8-12H2,1-3H3,(H,19,22). The SMILES string of the molecule is CNC(=O)Cc1ccc(NC(C)C(=O)N2CCC(C)CC2)cc1. The molecule has 2 N–H and O–H groups in total. The molecule has 0 aromatic heterocycles. The fourth-order valence-corrected chi connectivity index (χ4v) is 2.81. The Morgan fingerprint density at radius 3 is 2.39 bits per heavy atom. The average molecular weight is 317 g/mol. The van der Waals surface area contributed by atoms with E-state index in [1.54, 1.807) is 7.05 Å². The number of amides is 2. The number of hydrogen-bond donors (Lipinski definition) is 2. The van der Waals surface area contributed by atoms with Crippen LogP contribution in [0.2, 0.25) is 0 Å². The van der Waals surface area contributed by atoms with Gasteiger partial charge >= 0.3 is 0 Å². The van der Waals surface area contributed by atoms with Gasteiger partial charge in [0.15, 0.2) is 0 Å². The maximum absolute atomic E-state index is 12.5. The molecular weight excluding hydrogens is 290 g/mol. The lowest BCUT2D eigenvalue weighted by molar-refractivity contribution is -0.133. The van der Waals surface area contributed by atoms with E-state index < -0.39 is 0 Å². The van der Waals surface area contributed by atoms with E-state index >= 15 is 0 Å². The van der Waals surface area contributed by atoms with Crippen LogP contribution >= 0.6 is 0 Å². The number of benzene rings is 1. The van der Waals surface area contributed by atoms with E-state index in [4.69, 9.17) is 0 Å². The van der Waals surface area contributed by atoms with Gasteiger partial charge in [-0.05, 0) is 43.4 Å². The number of anilines is 1. The largest absolute Gasteiger partial charge is 0.374 e. The number of likely N-dealkylation sites (N-methyl/N-ethyl adjacent to an activating group) is 1. The lowest BCUT2D eigenvalue weighted by Gasteiger charge is -2.32. The fraction of sp³-hybridized carbons (Fsp3) is 0.556. The van der Waals surface area contributed by atoms with Crippen molar-refractivity contribution in [3.63, 3.8) is 0 Å². The number of carbonyl (C=O) groups excluding carboxylic acids is 2. The monoisotopic (exact) mass is 317 g/mol. The molecule has 126 valence electrons. The lowest BCUT2D eigenvalue weighted by atomic mass is 9.99. The van der Waals surface area contributed by atoms with Gasteiger partial charge in [0.2, 0.25) is 11.8 Å². The van der Waals surface area contributed by atoms with Crippen LogP contribution in [0.15, 0.2) is 24.3 Å². The molecule has 1 heterocycles. The summed E-state index contributed by atoms with van der Waals surface area (Å²) in [5.74, 6) is 0.870. The number of carbonyl (C=O) groups is 2. The third kappa shape index (κ3) is 4.98. The molecule has 0 saturated carbocycles. The van der Waals surface area contributed by atoms with Crippen molar-refractivity contribution in [2.45, 2.75) is 39.2 Å². The van der Waals surface area contributed by atoms with Gasteiger partial charge in [0.1, 0.15) is 6.04 Å². The van der Waals surface area contributed by atoms with E-state index in [1.165, 1.54) is 0 Å². The molecule has 5 nitrogen and oxygen atoms in total. The molecule has 1 aromatic rings. The van der Waals surface area contributed by atoms with Crippen LogP contribution in [0.1, 0.15) is 32.3 Å². The van der Waals surface area contributed by atoms with Crippen LogP contribution in [0.3, 0.4) is 0 Å². The van der Waals surface area contributed by atoms with Crippen molar-refractivity contribution in [2.24, 2.45) is 5.92 Å². The maximum atomic E-state index is 12.5. The van der Waals surface area contributed by atoms with Gasteiger partial charge in [-0.3, -0.25) is 9.59 Å². The van der Waals surface area contributed by atoms with Crippen LogP contribution in [-0.2, 0) is 16.0 Å². The van der Waals surface area contributed by atoms with Gasteiger partial charge in [-0.15, -0.1) is 0 Å². The topological polar surface area (TPSA) is 61.4 Å². The first-order valence-electron chi connectivity index (χ1n) is 8.34. The van der Waals surface area contributed by atoms with Gasteiger partial charge < -0.3 is 15.5 Å². The predicted octanol–water partition coefficient (Wildman–Crippen LogP) is 2.03. The van der Waals surface area contributed by atoms with Crippen molar-refractivity contribution in [1.29, 1.82) is 0 Å². The summed E-state index contributed by atoms with van der Waals surface area (Å²) in [4.78, 5) is 25.8. The van der Waals surface area contributed by atoms with E-state index in [0.29, 0.717) is 6.42 Å². The number of hydrogen-bond acceptors (Lipinski definition) is 3. The molecule has 5 heteroatoms. The highest BCUT2D eigenvalue weighted by Gasteiger charge is 2.24. The zero-order chi connectivity index (χ0) is 16.8. The van der Waals surface area contributed by atoms with Crippen LogP contribution in [0.25, 0.3) is 0 Å². The minimum Gasteiger partial charge on any atom is -0.374 e. The summed E-state index contributed by atoms with van der Waals surface area (Å²) in [6, 6.07) is 7.42.